The van der Waals surface area contributed by atoms with Crippen LogP contribution in [-0.4, -0.2) is 16.9 Å². The highest BCUT2D eigenvalue weighted by Crippen LogP contribution is 2.25. The van der Waals surface area contributed by atoms with Gasteiger partial charge in [0.05, 0.1) is 29.6 Å². The van der Waals surface area contributed by atoms with Gasteiger partial charge >= 0.3 is 0 Å². The van der Waals surface area contributed by atoms with Crippen LogP contribution >= 0.6 is 0 Å². The molecule has 2 aromatic rings. The average molecular weight is 310 g/mol. The number of nitriles is 1. The normalized spacial score (nSPS) is 11.4. The van der Waals surface area contributed by atoms with Crippen molar-refractivity contribution in [1.29, 1.82) is 5.26 Å². The van der Waals surface area contributed by atoms with E-state index in [1.54, 1.807) is 30.3 Å². The van der Waals surface area contributed by atoms with Crippen LogP contribution in [0.15, 0.2) is 36.5 Å². The number of benzene rings is 1. The quantitative estimate of drug-likeness (QED) is 0.884. The van der Waals surface area contributed by atoms with E-state index in [9.17, 15) is 4.79 Å². The minimum absolute atomic E-state index is 0.245. The van der Waals surface area contributed by atoms with Crippen LogP contribution < -0.4 is 15.8 Å². The lowest BCUT2D eigenvalue weighted by Crippen LogP contribution is -2.34. The first kappa shape index (κ1) is 16.5. The molecule has 0 saturated heterocycles. The fraction of sp³-hybridized carbons (Fsp3) is 0.235. The van der Waals surface area contributed by atoms with Crippen molar-refractivity contribution in [1.82, 2.24) is 4.98 Å². The van der Waals surface area contributed by atoms with Gasteiger partial charge in [-0.2, -0.15) is 5.26 Å². The second-order valence-corrected chi connectivity index (χ2v) is 5.08. The lowest BCUT2D eigenvalue weighted by molar-refractivity contribution is -0.117. The van der Waals surface area contributed by atoms with Crippen molar-refractivity contribution < 1.29 is 9.53 Å². The van der Waals surface area contributed by atoms with Gasteiger partial charge in [0, 0.05) is 6.07 Å². The second-order valence-electron chi connectivity index (χ2n) is 5.08. The molecule has 0 radical (unpaired) electrons. The predicted molar refractivity (Wildman–Crippen MR) is 87.1 cm³/mol. The SMILES string of the molecule is CCC(N)C(=O)Nc1ccc(Oc2ccc(C#N)cc2C)nc1. The number of hydrogen-bond acceptors (Lipinski definition) is 5. The summed E-state index contributed by atoms with van der Waals surface area (Å²) in [5.74, 6) is 0.780. The first-order valence-electron chi connectivity index (χ1n) is 7.24. The molecule has 1 unspecified atom stereocenters. The van der Waals surface area contributed by atoms with Crippen LogP contribution in [0.5, 0.6) is 11.6 Å². The Morgan fingerprint density at radius 3 is 2.78 bits per heavy atom. The molecule has 2 rings (SSSR count). The Bertz CT molecular complexity index is 735. The summed E-state index contributed by atoms with van der Waals surface area (Å²) in [6.07, 6.45) is 2.08. The number of rotatable bonds is 5. The Labute approximate surface area is 134 Å². The Hall–Kier alpha value is -2.91. The van der Waals surface area contributed by atoms with Gasteiger partial charge in [-0.25, -0.2) is 4.98 Å². The summed E-state index contributed by atoms with van der Waals surface area (Å²) in [6.45, 7) is 3.70. The molecule has 0 spiro atoms. The maximum atomic E-state index is 11.7. The molecule has 0 aliphatic rings. The van der Waals surface area contributed by atoms with Crippen LogP contribution in [0.2, 0.25) is 0 Å². The summed E-state index contributed by atoms with van der Waals surface area (Å²) in [5.41, 5.74) is 7.64. The second kappa shape index (κ2) is 7.38. The molecule has 1 aromatic carbocycles. The Balaban J connectivity index is 2.06. The number of hydrogen-bond donors (Lipinski definition) is 2. The van der Waals surface area contributed by atoms with Crippen molar-refractivity contribution in [2.24, 2.45) is 5.73 Å². The Kier molecular flexibility index (Phi) is 5.28. The lowest BCUT2D eigenvalue weighted by Gasteiger charge is -2.11. The third-order valence-corrected chi connectivity index (χ3v) is 3.30. The first-order chi connectivity index (χ1) is 11.0. The van der Waals surface area contributed by atoms with E-state index >= 15 is 0 Å². The van der Waals surface area contributed by atoms with E-state index in [-0.39, 0.29) is 5.91 Å². The number of carbonyl (C=O) groups excluding carboxylic acids is 1. The molecule has 118 valence electrons. The van der Waals surface area contributed by atoms with E-state index in [1.807, 2.05) is 13.8 Å². The number of aryl methyl sites for hydroxylation is 1. The summed E-state index contributed by atoms with van der Waals surface area (Å²) in [5, 5.41) is 11.5. The number of amides is 1. The molecule has 0 bridgehead atoms. The van der Waals surface area contributed by atoms with E-state index < -0.39 is 6.04 Å². The number of nitrogens with zero attached hydrogens (tertiary/aromatic N) is 2. The van der Waals surface area contributed by atoms with Gasteiger partial charge in [-0.15, -0.1) is 0 Å². The molecule has 0 saturated carbocycles. The fourth-order valence-corrected chi connectivity index (χ4v) is 1.88. The molecule has 0 aliphatic carbocycles. The molecule has 1 amide bonds. The zero-order valence-corrected chi connectivity index (χ0v) is 13.0. The number of anilines is 1. The van der Waals surface area contributed by atoms with E-state index in [1.165, 1.54) is 6.20 Å². The van der Waals surface area contributed by atoms with Gasteiger partial charge in [0.25, 0.3) is 0 Å². The molecule has 3 N–H and O–H groups in total. The van der Waals surface area contributed by atoms with Crippen LogP contribution in [0.25, 0.3) is 0 Å². The van der Waals surface area contributed by atoms with E-state index in [0.29, 0.717) is 29.3 Å². The maximum absolute atomic E-state index is 11.7. The van der Waals surface area contributed by atoms with Gasteiger partial charge in [-0.3, -0.25) is 4.79 Å². The monoisotopic (exact) mass is 310 g/mol. The first-order valence-corrected chi connectivity index (χ1v) is 7.24. The number of nitrogens with two attached hydrogens (primary N) is 1. The van der Waals surface area contributed by atoms with E-state index in [0.717, 1.165) is 5.56 Å². The zero-order chi connectivity index (χ0) is 16.8. The predicted octanol–water partition coefficient (Wildman–Crippen LogP) is 2.73. The van der Waals surface area contributed by atoms with Crippen molar-refractivity contribution in [2.45, 2.75) is 26.3 Å². The van der Waals surface area contributed by atoms with Gasteiger partial charge in [0.1, 0.15) is 5.75 Å². The van der Waals surface area contributed by atoms with Crippen molar-refractivity contribution in [3.05, 3.63) is 47.7 Å². The molecule has 0 aliphatic heterocycles. The summed E-state index contributed by atoms with van der Waals surface area (Å²) >= 11 is 0. The van der Waals surface area contributed by atoms with Crippen molar-refractivity contribution in [3.63, 3.8) is 0 Å². The van der Waals surface area contributed by atoms with Gasteiger partial charge in [0.2, 0.25) is 11.8 Å². The maximum Gasteiger partial charge on any atom is 0.241 e. The van der Waals surface area contributed by atoms with Crippen LogP contribution in [0.3, 0.4) is 0 Å². The van der Waals surface area contributed by atoms with Gasteiger partial charge < -0.3 is 15.8 Å². The summed E-state index contributed by atoms with van der Waals surface area (Å²) in [4.78, 5) is 15.9. The highest BCUT2D eigenvalue weighted by Gasteiger charge is 2.11. The molecule has 1 atom stereocenters. The Morgan fingerprint density at radius 1 is 1.43 bits per heavy atom. The van der Waals surface area contributed by atoms with Gasteiger partial charge in [0.15, 0.2) is 0 Å². The summed E-state index contributed by atoms with van der Waals surface area (Å²) in [6, 6.07) is 10.1. The van der Waals surface area contributed by atoms with E-state index in [4.69, 9.17) is 15.7 Å². The lowest BCUT2D eigenvalue weighted by atomic mass is 10.1. The number of pyridine rings is 1. The van der Waals surface area contributed by atoms with Crippen LogP contribution in [-0.2, 0) is 4.79 Å². The van der Waals surface area contributed by atoms with Crippen LogP contribution in [0.1, 0.15) is 24.5 Å². The third kappa shape index (κ3) is 4.28. The van der Waals surface area contributed by atoms with E-state index in [2.05, 4.69) is 16.4 Å². The largest absolute Gasteiger partial charge is 0.439 e. The minimum atomic E-state index is -0.535. The van der Waals surface area contributed by atoms with Gasteiger partial charge in [-0.1, -0.05) is 6.92 Å². The minimum Gasteiger partial charge on any atom is -0.439 e. The number of ether oxygens (including phenoxy) is 1. The summed E-state index contributed by atoms with van der Waals surface area (Å²) in [7, 11) is 0. The molecular formula is C17H18N4O2. The molecule has 6 heteroatoms. The number of carbonyl (C=O) groups is 1. The van der Waals surface area contributed by atoms with Gasteiger partial charge in [-0.05, 0) is 43.2 Å². The van der Waals surface area contributed by atoms with Crippen LogP contribution in [0.4, 0.5) is 5.69 Å². The Morgan fingerprint density at radius 2 is 2.22 bits per heavy atom. The molecule has 6 nitrogen and oxygen atoms in total. The van der Waals surface area contributed by atoms with Crippen molar-refractivity contribution in [2.75, 3.05) is 5.32 Å². The standard InChI is InChI=1S/C17H18N4O2/c1-3-14(19)17(22)21-13-5-7-16(20-10-13)23-15-6-4-12(9-18)8-11(15)2/h4-8,10,14H,3,19H2,1-2H3,(H,21,22). The zero-order valence-electron chi connectivity index (χ0n) is 13.0. The van der Waals surface area contributed by atoms with Crippen LogP contribution in [0, 0.1) is 18.3 Å². The topological polar surface area (TPSA) is 101 Å². The van der Waals surface area contributed by atoms with Crippen molar-refractivity contribution >= 4 is 11.6 Å². The molecule has 23 heavy (non-hydrogen) atoms. The highest BCUT2D eigenvalue weighted by atomic mass is 16.5. The number of nitrogens with one attached hydrogen (secondary N) is 1. The average Bonchev–Trinajstić information content (AvgIpc) is 2.57. The molecular weight excluding hydrogens is 292 g/mol. The highest BCUT2D eigenvalue weighted by molar-refractivity contribution is 5.94. The number of aromatic nitrogens is 1. The van der Waals surface area contributed by atoms with Crippen molar-refractivity contribution in [3.8, 4) is 17.7 Å². The smallest absolute Gasteiger partial charge is 0.241 e. The fourth-order valence-electron chi connectivity index (χ4n) is 1.88. The molecule has 1 heterocycles. The molecule has 1 aromatic heterocycles. The third-order valence-electron chi connectivity index (χ3n) is 3.30. The summed E-state index contributed by atoms with van der Waals surface area (Å²) < 4.78 is 5.68. The molecule has 0 fully saturated rings.